The Hall–Kier alpha value is -1.88. The van der Waals surface area contributed by atoms with E-state index in [2.05, 4.69) is 19.2 Å². The van der Waals surface area contributed by atoms with Crippen molar-refractivity contribution in [3.8, 4) is 0 Å². The molecule has 0 atom stereocenters. The molecule has 0 aliphatic carbocycles. The number of para-hydroxylation sites is 1. The first-order valence-corrected chi connectivity index (χ1v) is 7.27. The third-order valence-electron chi connectivity index (χ3n) is 3.12. The largest absolute Gasteiger partial charge is 0.480 e. The quantitative estimate of drug-likeness (QED) is 0.772. The number of carboxylic acid groups (broad SMARTS) is 1. The summed E-state index contributed by atoms with van der Waals surface area (Å²) in [6, 6.07) is 7.68. The van der Waals surface area contributed by atoms with Gasteiger partial charge in [0.25, 0.3) is 0 Å². The van der Waals surface area contributed by atoms with E-state index in [0.29, 0.717) is 12.5 Å². The van der Waals surface area contributed by atoms with Gasteiger partial charge in [0.1, 0.15) is 0 Å². The number of carbonyl (C=O) groups excluding carboxylic acids is 1. The summed E-state index contributed by atoms with van der Waals surface area (Å²) in [5, 5.41) is 11.7. The van der Waals surface area contributed by atoms with E-state index in [9.17, 15) is 9.59 Å². The molecule has 0 saturated heterocycles. The number of amides is 1. The molecule has 21 heavy (non-hydrogen) atoms. The Morgan fingerprint density at radius 3 is 2.48 bits per heavy atom. The number of hydrogen-bond acceptors (Lipinski definition) is 3. The molecule has 0 aliphatic rings. The van der Waals surface area contributed by atoms with Crippen LogP contribution in [-0.2, 0) is 9.59 Å². The average molecular weight is 292 g/mol. The van der Waals surface area contributed by atoms with Gasteiger partial charge in [-0.3, -0.25) is 14.5 Å². The van der Waals surface area contributed by atoms with Crippen LogP contribution < -0.4 is 5.32 Å². The Morgan fingerprint density at radius 1 is 1.24 bits per heavy atom. The molecular weight excluding hydrogens is 268 g/mol. The van der Waals surface area contributed by atoms with Gasteiger partial charge in [-0.05, 0) is 30.5 Å². The lowest BCUT2D eigenvalue weighted by molar-refractivity contribution is -0.138. The highest BCUT2D eigenvalue weighted by Crippen LogP contribution is 2.23. The van der Waals surface area contributed by atoms with Crippen LogP contribution in [0.15, 0.2) is 24.3 Å². The Morgan fingerprint density at radius 2 is 1.90 bits per heavy atom. The van der Waals surface area contributed by atoms with Crippen LogP contribution in [-0.4, -0.2) is 41.5 Å². The number of rotatable bonds is 8. The Labute approximate surface area is 126 Å². The maximum atomic E-state index is 12.1. The summed E-state index contributed by atoms with van der Waals surface area (Å²) in [4.78, 5) is 24.5. The van der Waals surface area contributed by atoms with E-state index in [1.54, 1.807) is 4.90 Å². The SMILES string of the molecule is CCCN(CC(=O)O)CC(=O)Nc1ccccc1C(C)C. The minimum absolute atomic E-state index is 0.0899. The van der Waals surface area contributed by atoms with E-state index in [0.717, 1.165) is 17.7 Å². The standard InChI is InChI=1S/C16H24N2O3/c1-4-9-18(11-16(20)21)10-15(19)17-14-8-6-5-7-13(14)12(2)3/h5-8,12H,4,9-11H2,1-3H3,(H,17,19)(H,20,21). The number of carbonyl (C=O) groups is 2. The van der Waals surface area contributed by atoms with Crippen molar-refractivity contribution in [1.29, 1.82) is 0 Å². The lowest BCUT2D eigenvalue weighted by Gasteiger charge is -2.20. The molecule has 0 fully saturated rings. The highest BCUT2D eigenvalue weighted by Gasteiger charge is 2.14. The minimum Gasteiger partial charge on any atom is -0.480 e. The van der Waals surface area contributed by atoms with Crippen LogP contribution in [0.5, 0.6) is 0 Å². The van der Waals surface area contributed by atoms with Gasteiger partial charge in [-0.15, -0.1) is 0 Å². The van der Waals surface area contributed by atoms with Crippen molar-refractivity contribution in [2.75, 3.05) is 25.0 Å². The number of nitrogens with one attached hydrogen (secondary N) is 1. The molecule has 0 heterocycles. The van der Waals surface area contributed by atoms with Crippen LogP contribution in [0.3, 0.4) is 0 Å². The zero-order chi connectivity index (χ0) is 15.8. The topological polar surface area (TPSA) is 69.6 Å². The van der Waals surface area contributed by atoms with Crippen molar-refractivity contribution in [3.05, 3.63) is 29.8 Å². The van der Waals surface area contributed by atoms with Crippen molar-refractivity contribution >= 4 is 17.6 Å². The predicted molar refractivity (Wildman–Crippen MR) is 83.5 cm³/mol. The summed E-state index contributed by atoms with van der Waals surface area (Å²) in [6.45, 7) is 6.66. The van der Waals surface area contributed by atoms with E-state index >= 15 is 0 Å². The monoisotopic (exact) mass is 292 g/mol. The second-order valence-electron chi connectivity index (χ2n) is 5.39. The van der Waals surface area contributed by atoms with Crippen LogP contribution in [0.4, 0.5) is 5.69 Å². The molecule has 1 aromatic carbocycles. The number of anilines is 1. The van der Waals surface area contributed by atoms with Crippen molar-refractivity contribution in [1.82, 2.24) is 4.90 Å². The molecule has 0 aromatic heterocycles. The number of aliphatic carboxylic acids is 1. The lowest BCUT2D eigenvalue weighted by atomic mass is 10.0. The van der Waals surface area contributed by atoms with Crippen molar-refractivity contribution in [2.24, 2.45) is 0 Å². The molecule has 0 saturated carbocycles. The van der Waals surface area contributed by atoms with Gasteiger partial charge in [-0.1, -0.05) is 39.0 Å². The van der Waals surface area contributed by atoms with Gasteiger partial charge in [-0.25, -0.2) is 0 Å². The van der Waals surface area contributed by atoms with Gasteiger partial charge in [0.05, 0.1) is 13.1 Å². The highest BCUT2D eigenvalue weighted by molar-refractivity contribution is 5.93. The summed E-state index contributed by atoms with van der Waals surface area (Å²) in [7, 11) is 0. The third kappa shape index (κ3) is 5.95. The molecule has 5 nitrogen and oxygen atoms in total. The average Bonchev–Trinajstić information content (AvgIpc) is 2.38. The van der Waals surface area contributed by atoms with E-state index in [1.807, 2.05) is 31.2 Å². The van der Waals surface area contributed by atoms with Crippen LogP contribution in [0.1, 0.15) is 38.7 Å². The first-order valence-electron chi connectivity index (χ1n) is 7.27. The second kappa shape index (κ2) is 8.42. The van der Waals surface area contributed by atoms with Crippen LogP contribution in [0, 0.1) is 0 Å². The maximum absolute atomic E-state index is 12.1. The van der Waals surface area contributed by atoms with E-state index in [-0.39, 0.29) is 19.0 Å². The third-order valence-corrected chi connectivity index (χ3v) is 3.12. The smallest absolute Gasteiger partial charge is 0.317 e. The molecule has 5 heteroatoms. The number of nitrogens with zero attached hydrogens (tertiary/aromatic N) is 1. The molecule has 0 aliphatic heterocycles. The molecule has 0 radical (unpaired) electrons. The lowest BCUT2D eigenvalue weighted by Crippen LogP contribution is -2.37. The minimum atomic E-state index is -0.918. The Bertz CT molecular complexity index is 486. The van der Waals surface area contributed by atoms with E-state index in [4.69, 9.17) is 5.11 Å². The zero-order valence-corrected chi connectivity index (χ0v) is 12.9. The molecule has 1 aromatic rings. The normalized spacial score (nSPS) is 10.9. The molecule has 116 valence electrons. The van der Waals surface area contributed by atoms with E-state index in [1.165, 1.54) is 0 Å². The first kappa shape index (κ1) is 17.2. The zero-order valence-electron chi connectivity index (χ0n) is 12.9. The van der Waals surface area contributed by atoms with Crippen molar-refractivity contribution in [3.63, 3.8) is 0 Å². The Kier molecular flexibility index (Phi) is 6.88. The van der Waals surface area contributed by atoms with Gasteiger partial charge in [-0.2, -0.15) is 0 Å². The first-order chi connectivity index (χ1) is 9.93. The molecular formula is C16H24N2O3. The molecule has 2 N–H and O–H groups in total. The maximum Gasteiger partial charge on any atom is 0.317 e. The second-order valence-corrected chi connectivity index (χ2v) is 5.39. The summed E-state index contributed by atoms with van der Waals surface area (Å²) in [5.41, 5.74) is 1.87. The molecule has 1 rings (SSSR count). The fourth-order valence-electron chi connectivity index (χ4n) is 2.23. The van der Waals surface area contributed by atoms with Gasteiger partial charge >= 0.3 is 5.97 Å². The summed E-state index contributed by atoms with van der Waals surface area (Å²) in [5.74, 6) is -0.788. The summed E-state index contributed by atoms with van der Waals surface area (Å²) >= 11 is 0. The number of hydrogen-bond donors (Lipinski definition) is 2. The summed E-state index contributed by atoms with van der Waals surface area (Å²) in [6.07, 6.45) is 0.809. The van der Waals surface area contributed by atoms with Crippen molar-refractivity contribution < 1.29 is 14.7 Å². The van der Waals surface area contributed by atoms with Crippen LogP contribution in [0.25, 0.3) is 0 Å². The summed E-state index contributed by atoms with van der Waals surface area (Å²) < 4.78 is 0. The molecule has 0 bridgehead atoms. The highest BCUT2D eigenvalue weighted by atomic mass is 16.4. The van der Waals surface area contributed by atoms with Crippen LogP contribution in [0.2, 0.25) is 0 Å². The molecule has 1 amide bonds. The molecule has 0 unspecified atom stereocenters. The van der Waals surface area contributed by atoms with Crippen LogP contribution >= 0.6 is 0 Å². The number of carboxylic acids is 1. The van der Waals surface area contributed by atoms with Gasteiger partial charge in [0.2, 0.25) is 5.91 Å². The Balaban J connectivity index is 2.70. The number of benzene rings is 1. The van der Waals surface area contributed by atoms with E-state index < -0.39 is 5.97 Å². The fourth-order valence-corrected chi connectivity index (χ4v) is 2.23. The van der Waals surface area contributed by atoms with Crippen molar-refractivity contribution in [2.45, 2.75) is 33.1 Å². The molecule has 0 spiro atoms. The predicted octanol–water partition coefficient (Wildman–Crippen LogP) is 2.55. The van der Waals surface area contributed by atoms with Gasteiger partial charge < -0.3 is 10.4 Å². The van der Waals surface area contributed by atoms with Gasteiger partial charge in [0, 0.05) is 5.69 Å². The van der Waals surface area contributed by atoms with Gasteiger partial charge in [0.15, 0.2) is 0 Å². The fraction of sp³-hybridized carbons (Fsp3) is 0.500.